The van der Waals surface area contributed by atoms with Crippen LogP contribution in [0.25, 0.3) is 0 Å². The van der Waals surface area contributed by atoms with Gasteiger partial charge in [-0.3, -0.25) is 9.80 Å². The smallest absolute Gasteiger partial charge is 0.0798 e. The van der Waals surface area contributed by atoms with Crippen LogP contribution in [0.2, 0.25) is 0 Å². The monoisotopic (exact) mass is 351 g/mol. The zero-order valence-electron chi connectivity index (χ0n) is 14.7. The maximum Gasteiger partial charge on any atom is 0.0798 e. The number of aryl methyl sites for hydroxylation is 1. The second-order valence-corrected chi connectivity index (χ2v) is 8.45. The van der Waals surface area contributed by atoms with Crippen LogP contribution >= 0.6 is 11.3 Å². The highest BCUT2D eigenvalue weighted by molar-refractivity contribution is 7.09. The standard InChI is InChI=1S/C18H29N3O2S/c1-15-17(24-14-19-15)13-20-6-4-18(5-7-20)3-2-16(23-18)12-21-8-10-22-11-9-21/h14,16H,2-13H2,1H3. The minimum atomic E-state index is 0.163. The maximum atomic E-state index is 6.58. The molecular weight excluding hydrogens is 322 g/mol. The number of nitrogens with zero attached hydrogens (tertiary/aromatic N) is 3. The largest absolute Gasteiger partial charge is 0.379 e. The van der Waals surface area contributed by atoms with Crippen LogP contribution in [0.4, 0.5) is 0 Å². The average Bonchev–Trinajstić information content (AvgIpc) is 3.18. The highest BCUT2D eigenvalue weighted by Gasteiger charge is 2.42. The molecule has 3 saturated heterocycles. The van der Waals surface area contributed by atoms with Crippen molar-refractivity contribution in [3.63, 3.8) is 0 Å². The molecule has 0 bridgehead atoms. The number of hydrogen-bond donors (Lipinski definition) is 0. The third-order valence-electron chi connectivity index (χ3n) is 5.88. The van der Waals surface area contributed by atoms with Crippen LogP contribution in [0.1, 0.15) is 36.3 Å². The number of hydrogen-bond acceptors (Lipinski definition) is 6. The van der Waals surface area contributed by atoms with Crippen molar-refractivity contribution < 1.29 is 9.47 Å². The van der Waals surface area contributed by atoms with Gasteiger partial charge in [-0.05, 0) is 32.6 Å². The molecule has 6 heteroatoms. The molecule has 0 amide bonds. The predicted molar refractivity (Wildman–Crippen MR) is 95.5 cm³/mol. The van der Waals surface area contributed by atoms with E-state index >= 15 is 0 Å². The van der Waals surface area contributed by atoms with Gasteiger partial charge in [0.25, 0.3) is 0 Å². The van der Waals surface area contributed by atoms with Gasteiger partial charge in [0, 0.05) is 44.1 Å². The number of piperidine rings is 1. The van der Waals surface area contributed by atoms with E-state index in [9.17, 15) is 0 Å². The lowest BCUT2D eigenvalue weighted by Crippen LogP contribution is -2.45. The minimum Gasteiger partial charge on any atom is -0.379 e. The molecular formula is C18H29N3O2S. The Labute approximate surface area is 148 Å². The Morgan fingerprint density at radius 1 is 1.17 bits per heavy atom. The molecule has 0 radical (unpaired) electrons. The lowest BCUT2D eigenvalue weighted by atomic mass is 9.88. The minimum absolute atomic E-state index is 0.163. The second kappa shape index (κ2) is 7.38. The first-order valence-electron chi connectivity index (χ1n) is 9.32. The first kappa shape index (κ1) is 16.9. The summed E-state index contributed by atoms with van der Waals surface area (Å²) >= 11 is 1.79. The van der Waals surface area contributed by atoms with Gasteiger partial charge in [0.15, 0.2) is 0 Å². The van der Waals surface area contributed by atoms with Crippen LogP contribution < -0.4 is 0 Å². The van der Waals surface area contributed by atoms with Crippen LogP contribution in [0.3, 0.4) is 0 Å². The van der Waals surface area contributed by atoms with Crippen molar-refractivity contribution in [2.45, 2.75) is 50.9 Å². The summed E-state index contributed by atoms with van der Waals surface area (Å²) in [7, 11) is 0. The Kier molecular flexibility index (Phi) is 5.20. The van der Waals surface area contributed by atoms with Crippen LogP contribution in [-0.2, 0) is 16.0 Å². The van der Waals surface area contributed by atoms with E-state index in [4.69, 9.17) is 9.47 Å². The number of morpholine rings is 1. The Bertz CT molecular complexity index is 536. The third-order valence-corrected chi connectivity index (χ3v) is 6.80. The molecule has 1 spiro atoms. The van der Waals surface area contributed by atoms with Gasteiger partial charge in [0.05, 0.1) is 36.1 Å². The van der Waals surface area contributed by atoms with E-state index < -0.39 is 0 Å². The van der Waals surface area contributed by atoms with Crippen LogP contribution in [0.5, 0.6) is 0 Å². The summed E-state index contributed by atoms with van der Waals surface area (Å²) in [4.78, 5) is 10.9. The number of rotatable bonds is 4. The van der Waals surface area contributed by atoms with Gasteiger partial charge in [-0.2, -0.15) is 0 Å². The van der Waals surface area contributed by atoms with Gasteiger partial charge in [-0.1, -0.05) is 0 Å². The highest BCUT2D eigenvalue weighted by atomic mass is 32.1. The zero-order chi connectivity index (χ0) is 16.4. The third kappa shape index (κ3) is 3.83. The molecule has 0 aromatic carbocycles. The average molecular weight is 352 g/mol. The predicted octanol–water partition coefficient (Wildman–Crippen LogP) is 2.30. The van der Waals surface area contributed by atoms with Crippen LogP contribution in [-0.4, -0.2) is 72.4 Å². The van der Waals surface area contributed by atoms with Crippen LogP contribution in [0.15, 0.2) is 5.51 Å². The van der Waals surface area contributed by atoms with E-state index in [-0.39, 0.29) is 5.60 Å². The van der Waals surface area contributed by atoms with E-state index in [1.54, 1.807) is 11.3 Å². The fraction of sp³-hybridized carbons (Fsp3) is 0.833. The Hall–Kier alpha value is -0.530. The fourth-order valence-corrected chi connectivity index (χ4v) is 5.08. The van der Waals surface area contributed by atoms with Gasteiger partial charge >= 0.3 is 0 Å². The summed E-state index contributed by atoms with van der Waals surface area (Å²) in [5.41, 5.74) is 3.32. The summed E-state index contributed by atoms with van der Waals surface area (Å²) in [5.74, 6) is 0. The number of aromatic nitrogens is 1. The first-order chi connectivity index (χ1) is 11.7. The molecule has 5 nitrogen and oxygen atoms in total. The molecule has 1 atom stereocenters. The Morgan fingerprint density at radius 2 is 1.96 bits per heavy atom. The summed E-state index contributed by atoms with van der Waals surface area (Å²) in [6.45, 7) is 10.5. The molecule has 3 fully saturated rings. The van der Waals surface area contributed by atoms with Gasteiger partial charge in [-0.15, -0.1) is 11.3 Å². The van der Waals surface area contributed by atoms with Gasteiger partial charge in [0.1, 0.15) is 0 Å². The zero-order valence-corrected chi connectivity index (χ0v) is 15.5. The highest BCUT2D eigenvalue weighted by Crippen LogP contribution is 2.39. The summed E-state index contributed by atoms with van der Waals surface area (Å²) in [6.07, 6.45) is 5.27. The van der Waals surface area contributed by atoms with E-state index in [1.807, 2.05) is 5.51 Å². The Morgan fingerprint density at radius 3 is 2.67 bits per heavy atom. The van der Waals surface area contributed by atoms with Crippen molar-refractivity contribution in [1.29, 1.82) is 0 Å². The fourth-order valence-electron chi connectivity index (χ4n) is 4.26. The Balaban J connectivity index is 1.25. The normalized spacial score (nSPS) is 28.6. The number of thiazole rings is 1. The number of likely N-dealkylation sites (tertiary alicyclic amines) is 1. The molecule has 0 aliphatic carbocycles. The first-order valence-corrected chi connectivity index (χ1v) is 10.2. The molecule has 3 aliphatic heterocycles. The molecule has 0 saturated carbocycles. The van der Waals surface area contributed by atoms with Crippen LogP contribution in [0, 0.1) is 6.92 Å². The molecule has 24 heavy (non-hydrogen) atoms. The molecule has 1 aromatic heterocycles. The maximum absolute atomic E-state index is 6.58. The lowest BCUT2D eigenvalue weighted by molar-refractivity contribution is -0.0897. The molecule has 1 aromatic rings. The summed E-state index contributed by atoms with van der Waals surface area (Å²) < 4.78 is 12.0. The summed E-state index contributed by atoms with van der Waals surface area (Å²) in [6, 6.07) is 0. The number of ether oxygens (including phenoxy) is 2. The molecule has 134 valence electrons. The molecule has 1 unspecified atom stereocenters. The SMILES string of the molecule is Cc1ncsc1CN1CCC2(CCC(CN3CCOCC3)O2)CC1. The van der Waals surface area contributed by atoms with Gasteiger partial charge < -0.3 is 9.47 Å². The van der Waals surface area contributed by atoms with Crippen molar-refractivity contribution in [3.8, 4) is 0 Å². The van der Waals surface area contributed by atoms with E-state index in [0.29, 0.717) is 6.10 Å². The molecule has 4 rings (SSSR count). The van der Waals surface area contributed by atoms with Crippen molar-refractivity contribution in [1.82, 2.24) is 14.8 Å². The second-order valence-electron chi connectivity index (χ2n) is 7.51. The topological polar surface area (TPSA) is 37.8 Å². The van der Waals surface area contributed by atoms with E-state index in [1.165, 1.54) is 36.3 Å². The van der Waals surface area contributed by atoms with Crippen molar-refractivity contribution in [2.24, 2.45) is 0 Å². The molecule has 4 heterocycles. The van der Waals surface area contributed by atoms with Gasteiger partial charge in [-0.25, -0.2) is 4.98 Å². The molecule has 0 N–H and O–H groups in total. The van der Waals surface area contributed by atoms with Crippen molar-refractivity contribution in [2.75, 3.05) is 45.9 Å². The lowest BCUT2D eigenvalue weighted by Gasteiger charge is -2.39. The summed E-state index contributed by atoms with van der Waals surface area (Å²) in [5, 5.41) is 0. The van der Waals surface area contributed by atoms with Crippen molar-refractivity contribution >= 4 is 11.3 Å². The van der Waals surface area contributed by atoms with Gasteiger partial charge in [0.2, 0.25) is 0 Å². The quantitative estimate of drug-likeness (QED) is 0.832. The van der Waals surface area contributed by atoms with Crippen molar-refractivity contribution in [3.05, 3.63) is 16.1 Å². The van der Waals surface area contributed by atoms with E-state index in [2.05, 4.69) is 21.7 Å². The molecule has 3 aliphatic rings. The van der Waals surface area contributed by atoms with E-state index in [0.717, 1.165) is 52.5 Å².